The number of nitrogens with one attached hydrogen (secondary N) is 1. The smallest absolute Gasteiger partial charge is 0.123 e. The van der Waals surface area contributed by atoms with E-state index >= 15 is 0 Å². The fourth-order valence-corrected chi connectivity index (χ4v) is 1.39. The normalized spacial score (nSPS) is 10.5. The van der Waals surface area contributed by atoms with Gasteiger partial charge < -0.3 is 10.7 Å². The lowest BCUT2D eigenvalue weighted by molar-refractivity contribution is 0.627. The fourth-order valence-electron chi connectivity index (χ4n) is 1.39. The van der Waals surface area contributed by atoms with Crippen LogP contribution in [0.4, 0.5) is 4.39 Å². The molecule has 0 aliphatic rings. The van der Waals surface area contributed by atoms with Gasteiger partial charge in [0.25, 0.3) is 0 Å². The lowest BCUT2D eigenvalue weighted by Crippen LogP contribution is -1.97. The first-order valence-corrected chi connectivity index (χ1v) is 4.75. The van der Waals surface area contributed by atoms with Crippen molar-refractivity contribution in [3.8, 4) is 0 Å². The van der Waals surface area contributed by atoms with Crippen LogP contribution in [-0.4, -0.2) is 9.97 Å². The number of halogens is 1. The van der Waals surface area contributed by atoms with Gasteiger partial charge in [0.15, 0.2) is 0 Å². The predicted octanol–water partition coefficient (Wildman–Crippen LogP) is 1.60. The van der Waals surface area contributed by atoms with Crippen LogP contribution in [0.1, 0.15) is 17.1 Å². The first kappa shape index (κ1) is 9.86. The summed E-state index contributed by atoms with van der Waals surface area (Å²) in [5.74, 6) is 0.628. The van der Waals surface area contributed by atoms with E-state index in [-0.39, 0.29) is 5.82 Å². The van der Waals surface area contributed by atoms with Gasteiger partial charge in [0, 0.05) is 24.9 Å². The Labute approximate surface area is 87.2 Å². The Hall–Kier alpha value is -1.68. The minimum Gasteiger partial charge on any atom is -0.345 e. The zero-order chi connectivity index (χ0) is 10.7. The third-order valence-corrected chi connectivity index (χ3v) is 2.19. The largest absolute Gasteiger partial charge is 0.345 e. The minimum atomic E-state index is -0.221. The maximum absolute atomic E-state index is 12.6. The molecule has 0 aliphatic carbocycles. The van der Waals surface area contributed by atoms with Gasteiger partial charge in [-0.15, -0.1) is 0 Å². The molecule has 0 amide bonds. The second-order valence-electron chi connectivity index (χ2n) is 3.36. The van der Waals surface area contributed by atoms with E-state index < -0.39 is 0 Å². The van der Waals surface area contributed by atoms with E-state index in [4.69, 9.17) is 5.73 Å². The molecule has 1 aromatic heterocycles. The van der Waals surface area contributed by atoms with Crippen LogP contribution >= 0.6 is 0 Å². The van der Waals surface area contributed by atoms with Crippen molar-refractivity contribution in [2.24, 2.45) is 5.73 Å². The number of rotatable bonds is 3. The van der Waals surface area contributed by atoms with Gasteiger partial charge in [-0.25, -0.2) is 9.37 Å². The van der Waals surface area contributed by atoms with E-state index in [1.54, 1.807) is 18.3 Å². The molecular formula is C11H12FN3. The molecule has 4 heteroatoms. The summed E-state index contributed by atoms with van der Waals surface area (Å²) in [5.41, 5.74) is 7.39. The second kappa shape index (κ2) is 4.23. The van der Waals surface area contributed by atoms with Gasteiger partial charge in [0.2, 0.25) is 0 Å². The minimum absolute atomic E-state index is 0.221. The molecule has 0 saturated carbocycles. The van der Waals surface area contributed by atoms with Crippen molar-refractivity contribution in [1.82, 2.24) is 9.97 Å². The summed E-state index contributed by atoms with van der Waals surface area (Å²) in [7, 11) is 0. The van der Waals surface area contributed by atoms with E-state index in [1.807, 2.05) is 0 Å². The fraction of sp³-hybridized carbons (Fsp3) is 0.182. The average molecular weight is 205 g/mol. The summed E-state index contributed by atoms with van der Waals surface area (Å²) < 4.78 is 12.6. The van der Waals surface area contributed by atoms with E-state index in [0.29, 0.717) is 13.0 Å². The Balaban J connectivity index is 2.11. The third-order valence-electron chi connectivity index (χ3n) is 2.19. The maximum atomic E-state index is 12.6. The maximum Gasteiger partial charge on any atom is 0.123 e. The molecule has 0 unspecified atom stereocenters. The van der Waals surface area contributed by atoms with Crippen LogP contribution in [0.25, 0.3) is 0 Å². The molecule has 15 heavy (non-hydrogen) atoms. The highest BCUT2D eigenvalue weighted by atomic mass is 19.1. The predicted molar refractivity (Wildman–Crippen MR) is 55.7 cm³/mol. The van der Waals surface area contributed by atoms with Crippen molar-refractivity contribution in [2.45, 2.75) is 13.0 Å². The molecule has 1 heterocycles. The van der Waals surface area contributed by atoms with E-state index in [1.165, 1.54) is 12.1 Å². The van der Waals surface area contributed by atoms with Crippen LogP contribution in [0.5, 0.6) is 0 Å². The van der Waals surface area contributed by atoms with Gasteiger partial charge in [0.05, 0.1) is 0 Å². The number of imidazole rings is 1. The molecule has 2 rings (SSSR count). The SMILES string of the molecule is NCc1cnc(Cc2ccc(F)cc2)[nH]1. The molecule has 3 N–H and O–H groups in total. The Morgan fingerprint density at radius 3 is 2.60 bits per heavy atom. The number of hydrogen-bond donors (Lipinski definition) is 2. The summed E-state index contributed by atoms with van der Waals surface area (Å²) in [6, 6.07) is 6.39. The lowest BCUT2D eigenvalue weighted by atomic mass is 10.1. The molecule has 0 atom stereocenters. The van der Waals surface area contributed by atoms with Crippen LogP contribution in [0.15, 0.2) is 30.5 Å². The van der Waals surface area contributed by atoms with Crippen LogP contribution in [-0.2, 0) is 13.0 Å². The summed E-state index contributed by atoms with van der Waals surface area (Å²) in [6.07, 6.45) is 2.39. The topological polar surface area (TPSA) is 54.7 Å². The quantitative estimate of drug-likeness (QED) is 0.799. The van der Waals surface area contributed by atoms with E-state index in [0.717, 1.165) is 17.1 Å². The lowest BCUT2D eigenvalue weighted by Gasteiger charge is -1.97. The van der Waals surface area contributed by atoms with Crippen molar-refractivity contribution in [3.63, 3.8) is 0 Å². The monoisotopic (exact) mass is 205 g/mol. The average Bonchev–Trinajstić information content (AvgIpc) is 2.69. The van der Waals surface area contributed by atoms with Gasteiger partial charge in [-0.2, -0.15) is 0 Å². The highest BCUT2D eigenvalue weighted by molar-refractivity contribution is 5.20. The molecule has 0 radical (unpaired) electrons. The Morgan fingerprint density at radius 2 is 2.00 bits per heavy atom. The molecule has 3 nitrogen and oxygen atoms in total. The number of hydrogen-bond acceptors (Lipinski definition) is 2. The number of aromatic nitrogens is 2. The van der Waals surface area contributed by atoms with Crippen molar-refractivity contribution in [1.29, 1.82) is 0 Å². The van der Waals surface area contributed by atoms with Crippen molar-refractivity contribution >= 4 is 0 Å². The van der Waals surface area contributed by atoms with Crippen LogP contribution < -0.4 is 5.73 Å². The summed E-state index contributed by atoms with van der Waals surface area (Å²) in [5, 5.41) is 0. The summed E-state index contributed by atoms with van der Waals surface area (Å²) in [6.45, 7) is 0.455. The highest BCUT2D eigenvalue weighted by Gasteiger charge is 2.01. The number of benzene rings is 1. The Kier molecular flexibility index (Phi) is 2.78. The molecule has 0 fully saturated rings. The van der Waals surface area contributed by atoms with Crippen molar-refractivity contribution < 1.29 is 4.39 Å². The highest BCUT2D eigenvalue weighted by Crippen LogP contribution is 2.07. The second-order valence-corrected chi connectivity index (χ2v) is 3.36. The van der Waals surface area contributed by atoms with Crippen LogP contribution in [0.3, 0.4) is 0 Å². The molecule has 1 aromatic carbocycles. The van der Waals surface area contributed by atoms with Gasteiger partial charge in [0.1, 0.15) is 11.6 Å². The van der Waals surface area contributed by atoms with Crippen LogP contribution in [0, 0.1) is 5.82 Å². The van der Waals surface area contributed by atoms with E-state index in [2.05, 4.69) is 9.97 Å². The summed E-state index contributed by atoms with van der Waals surface area (Å²) >= 11 is 0. The van der Waals surface area contributed by atoms with Gasteiger partial charge in [-0.1, -0.05) is 12.1 Å². The zero-order valence-electron chi connectivity index (χ0n) is 8.20. The van der Waals surface area contributed by atoms with Gasteiger partial charge in [-0.05, 0) is 17.7 Å². The van der Waals surface area contributed by atoms with Crippen molar-refractivity contribution in [2.75, 3.05) is 0 Å². The molecule has 0 aliphatic heterocycles. The van der Waals surface area contributed by atoms with Gasteiger partial charge in [-0.3, -0.25) is 0 Å². The molecule has 0 spiro atoms. The van der Waals surface area contributed by atoms with Crippen LogP contribution in [0.2, 0.25) is 0 Å². The Morgan fingerprint density at radius 1 is 1.27 bits per heavy atom. The molecule has 78 valence electrons. The number of H-pyrrole nitrogens is 1. The van der Waals surface area contributed by atoms with E-state index in [9.17, 15) is 4.39 Å². The summed E-state index contributed by atoms with van der Waals surface area (Å²) in [4.78, 5) is 7.27. The van der Waals surface area contributed by atoms with Crippen molar-refractivity contribution in [3.05, 3.63) is 53.4 Å². The molecule has 0 bridgehead atoms. The number of nitrogens with zero attached hydrogens (tertiary/aromatic N) is 1. The van der Waals surface area contributed by atoms with Gasteiger partial charge >= 0.3 is 0 Å². The Bertz CT molecular complexity index is 433. The first-order chi connectivity index (χ1) is 7.28. The molecule has 0 saturated heterocycles. The molecule has 2 aromatic rings. The number of aromatic amines is 1. The first-order valence-electron chi connectivity index (χ1n) is 4.75. The third kappa shape index (κ3) is 2.41. The standard InChI is InChI=1S/C11H12FN3/c12-9-3-1-8(2-4-9)5-11-14-7-10(6-13)15-11/h1-4,7H,5-6,13H2,(H,14,15). The number of nitrogens with two attached hydrogens (primary N) is 1. The molecular weight excluding hydrogens is 193 g/mol. The zero-order valence-corrected chi connectivity index (χ0v) is 8.20.